The van der Waals surface area contributed by atoms with Crippen molar-refractivity contribution in [3.05, 3.63) is 41.3 Å². The molecular formula is C32H42N8O5S. The normalized spacial score (nSPS) is 23.9. The largest absolute Gasteiger partial charge is 0.473 e. The zero-order valence-electron chi connectivity index (χ0n) is 27.1. The van der Waals surface area contributed by atoms with Gasteiger partial charge in [0.05, 0.1) is 47.0 Å². The molecule has 0 aliphatic carbocycles. The third-order valence-electron chi connectivity index (χ3n) is 9.10. The Balaban J connectivity index is 1.35. The summed E-state index contributed by atoms with van der Waals surface area (Å²) >= 11 is 0. The molecule has 0 radical (unpaired) electrons. The molecular weight excluding hydrogens is 608 g/mol. The first-order chi connectivity index (χ1) is 22.0. The summed E-state index contributed by atoms with van der Waals surface area (Å²) in [5.41, 5.74) is 5.53. The Morgan fingerprint density at radius 1 is 1.02 bits per heavy atom. The summed E-state index contributed by atoms with van der Waals surface area (Å²) in [6, 6.07) is 6.36. The van der Waals surface area contributed by atoms with E-state index in [2.05, 4.69) is 42.2 Å². The molecule has 1 unspecified atom stereocenters. The summed E-state index contributed by atoms with van der Waals surface area (Å²) in [6.45, 7) is 4.77. The molecule has 0 saturated carbocycles. The van der Waals surface area contributed by atoms with Crippen molar-refractivity contribution in [1.29, 1.82) is 0 Å². The molecule has 14 heteroatoms. The number of hydrogen-bond acceptors (Lipinski definition) is 9. The Morgan fingerprint density at radius 3 is 2.63 bits per heavy atom. The standard InChI is InChI=1S/C32H42N8O5S/c1-21-18-36(2)20-29-24(31(35-37(29)3)45-23-13-14-39(19-23)46(5,41)42)10-11-27-25-16-22(26-17-33-38(4)32(26)44-21)9-12-28(25)40(34-27)30-8-6-7-15-43-30/h9-12,16-17,21,23,30H,6-8,13-15,18-20H2,1-5H3/b11-10-/t21-,23-,30?/m0/s1. The van der Waals surface area contributed by atoms with E-state index in [-0.39, 0.29) is 18.4 Å². The molecule has 4 aromatic rings. The summed E-state index contributed by atoms with van der Waals surface area (Å²) in [5, 5.41) is 15.4. The maximum Gasteiger partial charge on any atom is 0.240 e. The van der Waals surface area contributed by atoms with Crippen molar-refractivity contribution in [2.45, 2.75) is 57.6 Å². The van der Waals surface area contributed by atoms with Gasteiger partial charge >= 0.3 is 0 Å². The third kappa shape index (κ3) is 5.94. The fourth-order valence-electron chi connectivity index (χ4n) is 6.75. The molecule has 3 aromatic heterocycles. The number of likely N-dealkylation sites (N-methyl/N-ethyl adjacent to an activating group) is 1. The number of aromatic nitrogens is 6. The van der Waals surface area contributed by atoms with Crippen LogP contribution in [-0.4, -0.2) is 98.7 Å². The first-order valence-electron chi connectivity index (χ1n) is 15.9. The second-order valence-electron chi connectivity index (χ2n) is 12.8. The molecule has 3 aliphatic rings. The van der Waals surface area contributed by atoms with Gasteiger partial charge in [-0.3, -0.25) is 9.58 Å². The van der Waals surface area contributed by atoms with E-state index in [1.807, 2.05) is 41.8 Å². The number of rotatable bonds is 4. The maximum atomic E-state index is 12.2. The lowest BCUT2D eigenvalue weighted by molar-refractivity contribution is -0.0367. The highest BCUT2D eigenvalue weighted by atomic mass is 32.2. The zero-order valence-corrected chi connectivity index (χ0v) is 27.9. The molecule has 13 nitrogen and oxygen atoms in total. The quantitative estimate of drug-likeness (QED) is 0.326. The second kappa shape index (κ2) is 12.1. The van der Waals surface area contributed by atoms with Crippen LogP contribution in [0.5, 0.6) is 11.8 Å². The molecule has 0 spiro atoms. The van der Waals surface area contributed by atoms with Gasteiger partial charge in [-0.25, -0.2) is 17.8 Å². The van der Waals surface area contributed by atoms with E-state index >= 15 is 0 Å². The van der Waals surface area contributed by atoms with Gasteiger partial charge in [-0.2, -0.15) is 14.5 Å². The van der Waals surface area contributed by atoms with Crippen molar-refractivity contribution in [3.8, 4) is 22.9 Å². The Kier molecular flexibility index (Phi) is 8.16. The molecule has 2 saturated heterocycles. The van der Waals surface area contributed by atoms with Crippen molar-refractivity contribution in [2.24, 2.45) is 14.1 Å². The average molecular weight is 651 g/mol. The fraction of sp³-hybridized carbons (Fsp3) is 0.531. The van der Waals surface area contributed by atoms with Gasteiger partial charge in [0.1, 0.15) is 12.2 Å². The molecule has 2 fully saturated rings. The molecule has 6 heterocycles. The van der Waals surface area contributed by atoms with Gasteiger partial charge in [0.15, 0.2) is 6.23 Å². The van der Waals surface area contributed by atoms with Crippen molar-refractivity contribution in [2.75, 3.05) is 39.5 Å². The van der Waals surface area contributed by atoms with E-state index < -0.39 is 10.0 Å². The zero-order chi connectivity index (χ0) is 32.2. The lowest BCUT2D eigenvalue weighted by atomic mass is 10.0. The maximum absolute atomic E-state index is 12.2. The predicted octanol–water partition coefficient (Wildman–Crippen LogP) is 3.67. The van der Waals surface area contributed by atoms with E-state index in [9.17, 15) is 8.42 Å². The van der Waals surface area contributed by atoms with Crippen LogP contribution in [0.25, 0.3) is 34.2 Å². The van der Waals surface area contributed by atoms with Gasteiger partial charge in [-0.1, -0.05) is 6.07 Å². The van der Waals surface area contributed by atoms with E-state index in [1.54, 1.807) is 4.68 Å². The monoisotopic (exact) mass is 650 g/mol. The molecule has 3 atom stereocenters. The molecule has 0 amide bonds. The van der Waals surface area contributed by atoms with Crippen LogP contribution in [0.15, 0.2) is 24.4 Å². The third-order valence-corrected chi connectivity index (χ3v) is 10.4. The number of ether oxygens (including phenoxy) is 3. The minimum atomic E-state index is -3.29. The van der Waals surface area contributed by atoms with Gasteiger partial charge in [-0.05, 0) is 69.5 Å². The van der Waals surface area contributed by atoms with E-state index in [0.717, 1.165) is 64.9 Å². The second-order valence-corrected chi connectivity index (χ2v) is 14.7. The minimum absolute atomic E-state index is 0.127. The smallest absolute Gasteiger partial charge is 0.240 e. The summed E-state index contributed by atoms with van der Waals surface area (Å²) in [4.78, 5) is 2.20. The minimum Gasteiger partial charge on any atom is -0.473 e. The highest BCUT2D eigenvalue weighted by Gasteiger charge is 2.32. The SMILES string of the molecule is C[C@H]1CN(C)Cc2c(c(O[C@H]3CCN(S(C)(=O)=O)C3)nn2C)/C=C\c2nn(C3CCCCO3)c3ccc(cc23)-c2cnn(C)c2O1. The van der Waals surface area contributed by atoms with E-state index in [1.165, 1.54) is 10.6 Å². The molecule has 2 bridgehead atoms. The van der Waals surface area contributed by atoms with Crippen LogP contribution in [0.1, 0.15) is 55.8 Å². The fourth-order valence-corrected chi connectivity index (χ4v) is 7.62. The number of nitrogens with zero attached hydrogens (tertiary/aromatic N) is 8. The molecule has 46 heavy (non-hydrogen) atoms. The molecule has 1 aromatic carbocycles. The predicted molar refractivity (Wildman–Crippen MR) is 175 cm³/mol. The van der Waals surface area contributed by atoms with E-state index in [4.69, 9.17) is 24.4 Å². The number of hydrogen-bond donors (Lipinski definition) is 0. The molecule has 7 rings (SSSR count). The lowest BCUT2D eigenvalue weighted by Crippen LogP contribution is -2.32. The van der Waals surface area contributed by atoms with Crippen LogP contribution in [0.4, 0.5) is 0 Å². The Hall–Kier alpha value is -3.72. The Morgan fingerprint density at radius 2 is 1.87 bits per heavy atom. The van der Waals surface area contributed by atoms with Crippen LogP contribution >= 0.6 is 0 Å². The van der Waals surface area contributed by atoms with Crippen molar-refractivity contribution in [1.82, 2.24) is 38.5 Å². The number of benzene rings is 1. The van der Waals surface area contributed by atoms with Crippen molar-refractivity contribution < 1.29 is 22.6 Å². The highest BCUT2D eigenvalue weighted by Crippen LogP contribution is 2.36. The van der Waals surface area contributed by atoms with Crippen LogP contribution in [-0.2, 0) is 35.4 Å². The first-order valence-corrected chi connectivity index (χ1v) is 17.8. The number of fused-ring (bicyclic) bond motifs is 4. The molecule has 0 N–H and O–H groups in total. The van der Waals surface area contributed by atoms with Gasteiger partial charge in [0.2, 0.25) is 21.8 Å². The van der Waals surface area contributed by atoms with Gasteiger partial charge < -0.3 is 14.2 Å². The van der Waals surface area contributed by atoms with Crippen LogP contribution in [0.3, 0.4) is 0 Å². The van der Waals surface area contributed by atoms with Crippen molar-refractivity contribution in [3.63, 3.8) is 0 Å². The van der Waals surface area contributed by atoms with Gasteiger partial charge in [-0.15, -0.1) is 5.10 Å². The first kappa shape index (κ1) is 30.9. The number of sulfonamides is 1. The molecule has 3 aliphatic heterocycles. The van der Waals surface area contributed by atoms with Crippen molar-refractivity contribution >= 4 is 33.1 Å². The Labute approximate surface area is 269 Å². The number of aryl methyl sites for hydroxylation is 2. The highest BCUT2D eigenvalue weighted by molar-refractivity contribution is 7.88. The average Bonchev–Trinajstić information content (AvgIpc) is 3.78. The van der Waals surface area contributed by atoms with Crippen LogP contribution < -0.4 is 9.47 Å². The summed E-state index contributed by atoms with van der Waals surface area (Å²) in [5.74, 6) is 1.20. The topological polar surface area (TPSA) is 122 Å². The van der Waals surface area contributed by atoms with Gasteiger partial charge in [0.25, 0.3) is 0 Å². The lowest BCUT2D eigenvalue weighted by Gasteiger charge is -2.23. The molecule has 246 valence electrons. The summed E-state index contributed by atoms with van der Waals surface area (Å²) in [6.07, 6.45) is 10.3. The summed E-state index contributed by atoms with van der Waals surface area (Å²) in [7, 11) is 2.58. The van der Waals surface area contributed by atoms with Crippen LogP contribution in [0.2, 0.25) is 0 Å². The van der Waals surface area contributed by atoms with Crippen LogP contribution in [0, 0.1) is 0 Å². The Bertz CT molecular complexity index is 1890. The van der Waals surface area contributed by atoms with Gasteiger partial charge in [0, 0.05) is 45.7 Å². The van der Waals surface area contributed by atoms with E-state index in [0.29, 0.717) is 44.4 Å². The summed E-state index contributed by atoms with van der Waals surface area (Å²) < 4.78 is 50.6.